The van der Waals surface area contributed by atoms with Crippen molar-refractivity contribution < 1.29 is 14.3 Å². The molecule has 0 aliphatic carbocycles. The molecule has 0 unspecified atom stereocenters. The van der Waals surface area contributed by atoms with Crippen molar-refractivity contribution in [1.29, 1.82) is 0 Å². The number of anilines is 1. The zero-order valence-electron chi connectivity index (χ0n) is 14.5. The molecule has 25 heavy (non-hydrogen) atoms. The van der Waals surface area contributed by atoms with Gasteiger partial charge in [0.15, 0.2) is 11.5 Å². The fraction of sp³-hybridized carbons (Fsp3) is 0.350. The molecule has 0 radical (unpaired) electrons. The summed E-state index contributed by atoms with van der Waals surface area (Å²) in [7, 11) is 0. The summed E-state index contributed by atoms with van der Waals surface area (Å²) in [6.07, 6.45) is 1.66. The van der Waals surface area contributed by atoms with Crippen LogP contribution in [0.3, 0.4) is 0 Å². The van der Waals surface area contributed by atoms with Crippen LogP contribution in [-0.2, 0) is 0 Å². The van der Waals surface area contributed by atoms with Crippen molar-refractivity contribution in [2.24, 2.45) is 0 Å². The van der Waals surface area contributed by atoms with E-state index in [9.17, 15) is 4.79 Å². The fourth-order valence-electron chi connectivity index (χ4n) is 3.04. The number of nitrogens with zero attached hydrogens (tertiary/aromatic N) is 1. The predicted molar refractivity (Wildman–Crippen MR) is 98.0 cm³/mol. The van der Waals surface area contributed by atoms with E-state index in [4.69, 9.17) is 15.2 Å². The summed E-state index contributed by atoms with van der Waals surface area (Å²) in [5.74, 6) is 1.52. The molecular formula is C20H24N2O3. The minimum Gasteiger partial charge on any atom is -0.490 e. The molecule has 1 heterocycles. The molecular weight excluding hydrogens is 316 g/mol. The van der Waals surface area contributed by atoms with Gasteiger partial charge in [-0.1, -0.05) is 24.3 Å². The first-order valence-corrected chi connectivity index (χ1v) is 8.71. The second-order valence-electron chi connectivity index (χ2n) is 6.08. The van der Waals surface area contributed by atoms with E-state index in [-0.39, 0.29) is 12.0 Å². The average molecular weight is 340 g/mol. The monoisotopic (exact) mass is 340 g/mol. The van der Waals surface area contributed by atoms with Crippen LogP contribution < -0.4 is 15.2 Å². The molecule has 1 saturated heterocycles. The van der Waals surface area contributed by atoms with Gasteiger partial charge in [-0.25, -0.2) is 0 Å². The standard InChI is InChI=1S/C20H24N2O3/c1-2-24-18-9-5-6-10-19(18)25-15-11-13-22(14-12-15)20(23)16-7-3-4-8-17(16)21/h3-10,15H,2,11-14,21H2,1H3. The number of rotatable bonds is 5. The van der Waals surface area contributed by atoms with Gasteiger partial charge in [-0.05, 0) is 31.2 Å². The van der Waals surface area contributed by atoms with Gasteiger partial charge >= 0.3 is 0 Å². The average Bonchev–Trinajstić information content (AvgIpc) is 2.64. The maximum atomic E-state index is 12.6. The molecule has 0 saturated carbocycles. The summed E-state index contributed by atoms with van der Waals surface area (Å²) in [5.41, 5.74) is 7.01. The molecule has 0 atom stereocenters. The second kappa shape index (κ2) is 7.92. The predicted octanol–water partition coefficient (Wildman–Crippen LogP) is 3.35. The Balaban J connectivity index is 1.59. The number of ether oxygens (including phenoxy) is 2. The largest absolute Gasteiger partial charge is 0.490 e. The molecule has 1 aliphatic rings. The molecule has 132 valence electrons. The number of para-hydroxylation sites is 3. The van der Waals surface area contributed by atoms with Gasteiger partial charge in [0.1, 0.15) is 6.10 Å². The van der Waals surface area contributed by atoms with E-state index in [1.54, 1.807) is 12.1 Å². The molecule has 0 bridgehead atoms. The number of amides is 1. The van der Waals surface area contributed by atoms with E-state index in [1.165, 1.54) is 0 Å². The summed E-state index contributed by atoms with van der Waals surface area (Å²) < 4.78 is 11.7. The minimum atomic E-state index is -0.00809. The van der Waals surface area contributed by atoms with Gasteiger partial charge < -0.3 is 20.1 Å². The van der Waals surface area contributed by atoms with E-state index >= 15 is 0 Å². The van der Waals surface area contributed by atoms with E-state index in [0.29, 0.717) is 30.9 Å². The molecule has 0 aromatic heterocycles. The number of carbonyl (C=O) groups excluding carboxylic acids is 1. The van der Waals surface area contributed by atoms with E-state index < -0.39 is 0 Å². The lowest BCUT2D eigenvalue weighted by molar-refractivity contribution is 0.0590. The SMILES string of the molecule is CCOc1ccccc1OC1CCN(C(=O)c2ccccc2N)CC1. The Hall–Kier alpha value is -2.69. The summed E-state index contributed by atoms with van der Waals surface area (Å²) >= 11 is 0. The molecule has 5 heteroatoms. The highest BCUT2D eigenvalue weighted by Gasteiger charge is 2.26. The summed E-state index contributed by atoms with van der Waals surface area (Å²) in [6.45, 7) is 3.88. The van der Waals surface area contributed by atoms with Crippen LogP contribution in [0, 0.1) is 0 Å². The normalized spacial score (nSPS) is 15.0. The highest BCUT2D eigenvalue weighted by molar-refractivity contribution is 5.99. The van der Waals surface area contributed by atoms with Crippen LogP contribution in [0.2, 0.25) is 0 Å². The maximum absolute atomic E-state index is 12.6. The molecule has 1 fully saturated rings. The van der Waals surface area contributed by atoms with E-state index in [1.807, 2.05) is 48.2 Å². The number of hydrogen-bond acceptors (Lipinski definition) is 4. The topological polar surface area (TPSA) is 64.8 Å². The maximum Gasteiger partial charge on any atom is 0.255 e. The number of likely N-dealkylation sites (tertiary alicyclic amines) is 1. The highest BCUT2D eigenvalue weighted by Crippen LogP contribution is 2.29. The first kappa shape index (κ1) is 17.1. The molecule has 1 aliphatic heterocycles. The smallest absolute Gasteiger partial charge is 0.255 e. The lowest BCUT2D eigenvalue weighted by atomic mass is 10.1. The highest BCUT2D eigenvalue weighted by atomic mass is 16.5. The third kappa shape index (κ3) is 4.05. The van der Waals surface area contributed by atoms with Crippen molar-refractivity contribution in [3.8, 4) is 11.5 Å². The fourth-order valence-corrected chi connectivity index (χ4v) is 3.04. The Morgan fingerprint density at radius 3 is 2.40 bits per heavy atom. The Bertz CT molecular complexity index is 724. The Kier molecular flexibility index (Phi) is 5.43. The zero-order valence-corrected chi connectivity index (χ0v) is 14.5. The van der Waals surface area contributed by atoms with Crippen LogP contribution >= 0.6 is 0 Å². The van der Waals surface area contributed by atoms with Gasteiger partial charge in [-0.2, -0.15) is 0 Å². The Labute approximate surface area is 148 Å². The first-order chi connectivity index (χ1) is 12.2. The van der Waals surface area contributed by atoms with Gasteiger partial charge in [-0.15, -0.1) is 0 Å². The number of benzene rings is 2. The van der Waals surface area contributed by atoms with Crippen molar-refractivity contribution in [3.63, 3.8) is 0 Å². The first-order valence-electron chi connectivity index (χ1n) is 8.71. The lowest BCUT2D eigenvalue weighted by Gasteiger charge is -2.32. The number of nitrogen functional groups attached to an aromatic ring is 1. The zero-order chi connectivity index (χ0) is 17.6. The Morgan fingerprint density at radius 2 is 1.72 bits per heavy atom. The minimum absolute atomic E-state index is 0.00809. The molecule has 2 N–H and O–H groups in total. The van der Waals surface area contributed by atoms with Crippen LogP contribution in [0.15, 0.2) is 48.5 Å². The number of nitrogens with two attached hydrogens (primary N) is 1. The van der Waals surface area contributed by atoms with Gasteiger partial charge in [0.2, 0.25) is 0 Å². The molecule has 5 nitrogen and oxygen atoms in total. The molecule has 2 aromatic rings. The van der Waals surface area contributed by atoms with Crippen LogP contribution in [0.25, 0.3) is 0 Å². The van der Waals surface area contributed by atoms with Gasteiger partial charge in [0, 0.05) is 31.6 Å². The van der Waals surface area contributed by atoms with Gasteiger partial charge in [-0.3, -0.25) is 4.79 Å². The van der Waals surface area contributed by atoms with Crippen LogP contribution in [0.5, 0.6) is 11.5 Å². The summed E-state index contributed by atoms with van der Waals surface area (Å²) in [5, 5.41) is 0. The van der Waals surface area contributed by atoms with Crippen molar-refractivity contribution >= 4 is 11.6 Å². The van der Waals surface area contributed by atoms with Gasteiger partial charge in [0.25, 0.3) is 5.91 Å². The molecule has 0 spiro atoms. The Morgan fingerprint density at radius 1 is 1.08 bits per heavy atom. The number of hydrogen-bond donors (Lipinski definition) is 1. The third-order valence-electron chi connectivity index (χ3n) is 4.36. The van der Waals surface area contributed by atoms with Crippen molar-refractivity contribution in [2.75, 3.05) is 25.4 Å². The molecule has 3 rings (SSSR count). The van der Waals surface area contributed by atoms with Crippen LogP contribution in [-0.4, -0.2) is 36.6 Å². The summed E-state index contributed by atoms with van der Waals surface area (Å²) in [4.78, 5) is 14.5. The van der Waals surface area contributed by atoms with E-state index in [2.05, 4.69) is 0 Å². The second-order valence-corrected chi connectivity index (χ2v) is 6.08. The van der Waals surface area contributed by atoms with Crippen LogP contribution in [0.1, 0.15) is 30.1 Å². The van der Waals surface area contributed by atoms with Gasteiger partial charge in [0.05, 0.1) is 12.2 Å². The number of piperidine rings is 1. The quantitative estimate of drug-likeness (QED) is 0.848. The van der Waals surface area contributed by atoms with Crippen LogP contribution in [0.4, 0.5) is 5.69 Å². The molecule has 2 aromatic carbocycles. The van der Waals surface area contributed by atoms with Crippen molar-refractivity contribution in [2.45, 2.75) is 25.9 Å². The van der Waals surface area contributed by atoms with Crippen molar-refractivity contribution in [1.82, 2.24) is 4.90 Å². The third-order valence-corrected chi connectivity index (χ3v) is 4.36. The summed E-state index contributed by atoms with van der Waals surface area (Å²) in [6, 6.07) is 14.9. The van der Waals surface area contributed by atoms with E-state index in [0.717, 1.165) is 24.3 Å². The lowest BCUT2D eigenvalue weighted by Crippen LogP contribution is -2.42. The van der Waals surface area contributed by atoms with Crippen molar-refractivity contribution in [3.05, 3.63) is 54.1 Å². The number of carbonyl (C=O) groups is 1. The molecule has 1 amide bonds.